The Hall–Kier alpha value is -1.63. The molecule has 1 N–H and O–H groups in total. The molecule has 2 saturated heterocycles. The summed E-state index contributed by atoms with van der Waals surface area (Å²) in [7, 11) is 0. The van der Waals surface area contributed by atoms with E-state index in [-0.39, 0.29) is 75.6 Å². The van der Waals surface area contributed by atoms with E-state index in [2.05, 4.69) is 34.6 Å². The number of hydrogen-bond donors (Lipinski definition) is 1. The van der Waals surface area contributed by atoms with Gasteiger partial charge in [-0.05, 0) is 84.9 Å². The highest BCUT2D eigenvalue weighted by Gasteiger charge is 2.70. The Balaban J connectivity index is 1.48. The predicted octanol–water partition coefficient (Wildman–Crippen LogP) is 5.46. The van der Waals surface area contributed by atoms with Gasteiger partial charge in [0.1, 0.15) is 12.2 Å². The van der Waals surface area contributed by atoms with Crippen molar-refractivity contribution in [1.29, 1.82) is 0 Å². The number of rotatable bonds is 5. The number of ether oxygens (including phenoxy) is 3. The maximum absolute atomic E-state index is 12.9. The zero-order chi connectivity index (χ0) is 28.5. The van der Waals surface area contributed by atoms with Gasteiger partial charge >= 0.3 is 17.9 Å². The van der Waals surface area contributed by atoms with Crippen molar-refractivity contribution in [3.05, 3.63) is 0 Å². The minimum absolute atomic E-state index is 0.00840. The topological polar surface area (TPSA) is 99.1 Å². The summed E-state index contributed by atoms with van der Waals surface area (Å²) in [6, 6.07) is 0. The minimum atomic E-state index is -0.390. The zero-order valence-corrected chi connectivity index (χ0v) is 25.1. The smallest absolute Gasteiger partial charge is 0.309 e. The van der Waals surface area contributed by atoms with Crippen molar-refractivity contribution in [3.8, 4) is 0 Å². The quantitative estimate of drug-likeness (QED) is 0.361. The summed E-state index contributed by atoms with van der Waals surface area (Å²) in [6.07, 6.45) is 6.49. The second kappa shape index (κ2) is 9.73. The zero-order valence-electron chi connectivity index (χ0n) is 25.1. The van der Waals surface area contributed by atoms with Crippen molar-refractivity contribution in [2.45, 2.75) is 125 Å². The molecule has 1 unspecified atom stereocenters. The summed E-state index contributed by atoms with van der Waals surface area (Å²) < 4.78 is 17.4. The molecular weight excluding hydrogens is 496 g/mol. The number of carbonyl (C=O) groups excluding carboxylic acids is 3. The number of aliphatic hydroxyl groups excluding tert-OH is 1. The maximum atomic E-state index is 12.9. The largest absolute Gasteiger partial charge is 0.465 e. The minimum Gasteiger partial charge on any atom is -0.465 e. The fraction of sp³-hybridized carbons (Fsp3) is 0.906. The van der Waals surface area contributed by atoms with Gasteiger partial charge in [-0.3, -0.25) is 14.4 Å². The molecule has 3 saturated carbocycles. The van der Waals surface area contributed by atoms with Crippen LogP contribution < -0.4 is 0 Å². The molecule has 2 heterocycles. The lowest BCUT2D eigenvalue weighted by Crippen LogP contribution is -2.66. The Kier molecular flexibility index (Phi) is 7.21. The van der Waals surface area contributed by atoms with E-state index < -0.39 is 0 Å². The fourth-order valence-electron chi connectivity index (χ4n) is 10.8. The lowest BCUT2D eigenvalue weighted by molar-refractivity contribution is -0.236. The molecule has 5 rings (SSSR count). The average Bonchev–Trinajstić information content (AvgIpc) is 3.39. The summed E-state index contributed by atoms with van der Waals surface area (Å²) in [4.78, 5) is 37.3. The van der Waals surface area contributed by atoms with E-state index in [9.17, 15) is 19.5 Å². The Morgan fingerprint density at radius 1 is 1.08 bits per heavy atom. The molecule has 2 aliphatic heterocycles. The number of aliphatic hydroxyl groups is 1. The lowest BCUT2D eigenvalue weighted by Gasteiger charge is -2.70. The molecule has 0 amide bonds. The summed E-state index contributed by atoms with van der Waals surface area (Å²) in [5.74, 6) is 0.229. The number of carbonyl (C=O) groups is 3. The van der Waals surface area contributed by atoms with Gasteiger partial charge in [0, 0.05) is 18.8 Å². The Morgan fingerprint density at radius 3 is 2.38 bits per heavy atom. The molecular formula is C32H50O7. The highest BCUT2D eigenvalue weighted by Crippen LogP contribution is 2.74. The van der Waals surface area contributed by atoms with Crippen molar-refractivity contribution in [2.24, 2.45) is 51.2 Å². The maximum Gasteiger partial charge on any atom is 0.309 e. The Morgan fingerprint density at radius 2 is 1.79 bits per heavy atom. The number of cyclic esters (lactones) is 2. The van der Waals surface area contributed by atoms with Gasteiger partial charge in [-0.25, -0.2) is 0 Å². The van der Waals surface area contributed by atoms with Crippen LogP contribution >= 0.6 is 0 Å². The summed E-state index contributed by atoms with van der Waals surface area (Å²) >= 11 is 0. The molecule has 1 spiro atoms. The van der Waals surface area contributed by atoms with Gasteiger partial charge in [0.05, 0.1) is 25.0 Å². The first kappa shape index (κ1) is 28.9. The second-order valence-electron chi connectivity index (χ2n) is 15.1. The third-order valence-electron chi connectivity index (χ3n) is 12.9. The van der Waals surface area contributed by atoms with E-state index in [0.29, 0.717) is 37.7 Å². The monoisotopic (exact) mass is 546 g/mol. The first-order valence-electron chi connectivity index (χ1n) is 15.4. The van der Waals surface area contributed by atoms with E-state index in [1.165, 1.54) is 6.92 Å². The van der Waals surface area contributed by atoms with Crippen molar-refractivity contribution in [2.75, 3.05) is 6.61 Å². The molecule has 0 aromatic heterocycles. The molecule has 7 heteroatoms. The fourth-order valence-corrected chi connectivity index (χ4v) is 10.8. The highest BCUT2D eigenvalue weighted by molar-refractivity contribution is 5.74. The highest BCUT2D eigenvalue weighted by atomic mass is 16.6. The van der Waals surface area contributed by atoms with Gasteiger partial charge in [0.25, 0.3) is 0 Å². The normalized spacial score (nSPS) is 46.6. The molecule has 0 bridgehead atoms. The second-order valence-corrected chi connectivity index (χ2v) is 15.1. The average molecular weight is 547 g/mol. The molecule has 0 aromatic rings. The van der Waals surface area contributed by atoms with Gasteiger partial charge < -0.3 is 19.3 Å². The number of hydrogen-bond acceptors (Lipinski definition) is 7. The van der Waals surface area contributed by atoms with Crippen LogP contribution in [-0.2, 0) is 28.6 Å². The molecule has 5 aliphatic rings. The van der Waals surface area contributed by atoms with Gasteiger partial charge in [-0.2, -0.15) is 0 Å². The van der Waals surface area contributed by atoms with Crippen molar-refractivity contribution in [1.82, 2.24) is 0 Å². The van der Waals surface area contributed by atoms with Crippen LogP contribution in [-0.4, -0.2) is 47.9 Å². The van der Waals surface area contributed by atoms with Crippen LogP contribution in [0.1, 0.15) is 106 Å². The van der Waals surface area contributed by atoms with Crippen LogP contribution in [0.4, 0.5) is 0 Å². The molecule has 11 atom stereocenters. The molecule has 5 fully saturated rings. The van der Waals surface area contributed by atoms with Gasteiger partial charge in [0.15, 0.2) is 0 Å². The van der Waals surface area contributed by atoms with Crippen LogP contribution in [0, 0.1) is 51.2 Å². The van der Waals surface area contributed by atoms with Crippen molar-refractivity contribution in [3.63, 3.8) is 0 Å². The van der Waals surface area contributed by atoms with E-state index in [1.807, 2.05) is 6.92 Å². The Labute approximate surface area is 234 Å². The Bertz CT molecular complexity index is 1010. The van der Waals surface area contributed by atoms with E-state index in [0.717, 1.165) is 38.5 Å². The number of fused-ring (bicyclic) bond motifs is 4. The van der Waals surface area contributed by atoms with Gasteiger partial charge in [-0.15, -0.1) is 0 Å². The SMILES string of the molecule is CC(=O)O[C@@H](C[C@@H]1C[C@@H](C)C(=O)O1)[C@H](C)[C@H]1CC[C@@H]2[C@@]3(C)CC[C@H](O)C(C)(C)C3CC[C@@]2(C)[C@@]12COC(=O)C2. The van der Waals surface area contributed by atoms with Crippen LogP contribution in [0.2, 0.25) is 0 Å². The first-order chi connectivity index (χ1) is 18.2. The lowest BCUT2D eigenvalue weighted by atomic mass is 9.34. The third kappa shape index (κ3) is 4.35. The van der Waals surface area contributed by atoms with Crippen molar-refractivity contribution < 1.29 is 33.7 Å². The third-order valence-corrected chi connectivity index (χ3v) is 12.9. The molecule has 3 aliphatic carbocycles. The summed E-state index contributed by atoms with van der Waals surface area (Å²) in [6.45, 7) is 15.3. The van der Waals surface area contributed by atoms with Gasteiger partial charge in [-0.1, -0.05) is 41.5 Å². The molecule has 220 valence electrons. The van der Waals surface area contributed by atoms with Crippen LogP contribution in [0.25, 0.3) is 0 Å². The summed E-state index contributed by atoms with van der Waals surface area (Å²) in [5.41, 5.74) is -0.482. The molecule has 7 nitrogen and oxygen atoms in total. The summed E-state index contributed by atoms with van der Waals surface area (Å²) in [5, 5.41) is 11.0. The van der Waals surface area contributed by atoms with E-state index in [1.54, 1.807) is 0 Å². The van der Waals surface area contributed by atoms with Crippen LogP contribution in [0.3, 0.4) is 0 Å². The molecule has 0 aromatic carbocycles. The van der Waals surface area contributed by atoms with E-state index in [4.69, 9.17) is 14.2 Å². The van der Waals surface area contributed by atoms with Crippen molar-refractivity contribution >= 4 is 17.9 Å². The number of esters is 3. The van der Waals surface area contributed by atoms with Crippen LogP contribution in [0.15, 0.2) is 0 Å². The van der Waals surface area contributed by atoms with Gasteiger partial charge in [0.2, 0.25) is 0 Å². The van der Waals surface area contributed by atoms with E-state index >= 15 is 0 Å². The first-order valence-corrected chi connectivity index (χ1v) is 15.4. The predicted molar refractivity (Wildman–Crippen MR) is 145 cm³/mol. The van der Waals surface area contributed by atoms with Crippen LogP contribution in [0.5, 0.6) is 0 Å². The molecule has 0 radical (unpaired) electrons. The standard InChI is InChI=1S/C32H50O7/c1-18-14-21(39-28(18)36)15-23(38-20(3)33)19(2)22-8-9-25-30(6)12-11-26(34)29(4,5)24(30)10-13-31(25,7)32(22)16-27(35)37-17-32/h18-19,21-26,34H,8-17H2,1-7H3/t18-,19-,21+,22-,23+,24?,25-,26+,30+,31-,32+/m1/s1. The molecule has 39 heavy (non-hydrogen) atoms.